The third-order valence-corrected chi connectivity index (χ3v) is 8.40. The quantitative estimate of drug-likeness (QED) is 0.753. The van der Waals surface area contributed by atoms with Crippen molar-refractivity contribution in [1.82, 2.24) is 10.2 Å². The molecule has 6 nitrogen and oxygen atoms in total. The van der Waals surface area contributed by atoms with Gasteiger partial charge in [0, 0.05) is 36.2 Å². The summed E-state index contributed by atoms with van der Waals surface area (Å²) in [7, 11) is 0. The fraction of sp³-hybridized carbons (Fsp3) is 0.667. The van der Waals surface area contributed by atoms with Crippen LogP contribution in [0.5, 0.6) is 0 Å². The summed E-state index contributed by atoms with van der Waals surface area (Å²) in [5.74, 6) is 0.723. The van der Waals surface area contributed by atoms with Gasteiger partial charge in [-0.1, -0.05) is 18.2 Å². The van der Waals surface area contributed by atoms with Crippen molar-refractivity contribution in [3.63, 3.8) is 0 Å². The Morgan fingerprint density at radius 3 is 2.61 bits per heavy atom. The Hall–Kier alpha value is -1.99. The number of ether oxygens (including phenoxy) is 1. The molecular weight excluding hydrogens is 397 g/mol. The van der Waals surface area contributed by atoms with Crippen LogP contribution in [0, 0.1) is 29.0 Å². The number of nitrogens with zero attached hydrogens (tertiary/aromatic N) is 1. The topological polar surface area (TPSA) is 84.7 Å². The lowest BCUT2D eigenvalue weighted by atomic mass is 9.47. The van der Waals surface area contributed by atoms with Crippen LogP contribution in [0.1, 0.15) is 50.6 Å². The molecule has 168 valence electrons. The first kappa shape index (κ1) is 20.9. The van der Waals surface area contributed by atoms with Gasteiger partial charge in [-0.25, -0.2) is 4.39 Å². The minimum Gasteiger partial charge on any atom is -0.369 e. The number of amides is 2. The molecule has 31 heavy (non-hydrogen) atoms. The number of hydrogen-bond acceptors (Lipinski definition) is 4. The van der Waals surface area contributed by atoms with Crippen molar-refractivity contribution in [2.75, 3.05) is 19.7 Å². The number of benzene rings is 1. The maximum atomic E-state index is 14.2. The lowest BCUT2D eigenvalue weighted by Crippen LogP contribution is -2.63. The van der Waals surface area contributed by atoms with Gasteiger partial charge in [-0.2, -0.15) is 0 Å². The van der Waals surface area contributed by atoms with Crippen molar-refractivity contribution in [3.05, 3.63) is 35.6 Å². The predicted octanol–water partition coefficient (Wildman–Crippen LogP) is 2.38. The Bertz CT molecular complexity index is 861. The number of morpholine rings is 1. The highest BCUT2D eigenvalue weighted by Crippen LogP contribution is 2.59. The number of primary amides is 1. The largest absolute Gasteiger partial charge is 0.369 e. The summed E-state index contributed by atoms with van der Waals surface area (Å²) < 4.78 is 20.1. The fourth-order valence-electron chi connectivity index (χ4n) is 7.01. The number of nitrogens with two attached hydrogens (primary N) is 1. The Labute approximate surface area is 182 Å². The molecule has 5 fully saturated rings. The molecule has 1 aromatic carbocycles. The van der Waals surface area contributed by atoms with E-state index in [4.69, 9.17) is 10.5 Å². The van der Waals surface area contributed by atoms with Gasteiger partial charge >= 0.3 is 0 Å². The van der Waals surface area contributed by atoms with Crippen LogP contribution in [0.3, 0.4) is 0 Å². The highest BCUT2D eigenvalue weighted by Gasteiger charge is 2.58. The molecule has 0 radical (unpaired) electrons. The fourth-order valence-corrected chi connectivity index (χ4v) is 7.01. The summed E-state index contributed by atoms with van der Waals surface area (Å²) in [5.41, 5.74) is 6.06. The van der Waals surface area contributed by atoms with Gasteiger partial charge in [0.25, 0.3) is 5.91 Å². The van der Waals surface area contributed by atoms with Gasteiger partial charge in [0.15, 0.2) is 0 Å². The smallest absolute Gasteiger partial charge is 0.250 e. The molecule has 0 aromatic heterocycles. The van der Waals surface area contributed by atoms with E-state index in [-0.39, 0.29) is 35.1 Å². The molecule has 4 bridgehead atoms. The number of nitrogens with one attached hydrogen (secondary N) is 1. The first-order valence-corrected chi connectivity index (χ1v) is 11.6. The summed E-state index contributed by atoms with van der Waals surface area (Å²) in [4.78, 5) is 27.4. The number of hydrogen-bond donors (Lipinski definition) is 2. The standard InChI is InChI=1S/C24H32FN3O3/c1-14(18-4-2-3-5-19(18)25)28-6-7-31-20(13-28)22(29)27-21-16-8-15-9-17(21)12-24(10-15,11-16)23(26)30/h2-5,14-17,20-21H,6-13H2,1H3,(H2,26,30)(H,27,29)/t14-,15?,16?,17?,20?,21?,24?/m1/s1. The molecular formula is C24H32FN3O3. The van der Waals surface area contributed by atoms with Gasteiger partial charge < -0.3 is 15.8 Å². The van der Waals surface area contributed by atoms with Gasteiger partial charge in [0.2, 0.25) is 5.91 Å². The molecule has 3 N–H and O–H groups in total. The van der Waals surface area contributed by atoms with Gasteiger partial charge in [-0.05, 0) is 62.8 Å². The van der Waals surface area contributed by atoms with Crippen LogP contribution in [-0.4, -0.2) is 48.6 Å². The maximum Gasteiger partial charge on any atom is 0.250 e. The highest BCUT2D eigenvalue weighted by atomic mass is 19.1. The number of carbonyl (C=O) groups excluding carboxylic acids is 2. The van der Waals surface area contributed by atoms with E-state index >= 15 is 0 Å². The monoisotopic (exact) mass is 429 g/mol. The molecule has 2 amide bonds. The lowest BCUT2D eigenvalue weighted by Gasteiger charge is -2.59. The molecule has 4 atom stereocenters. The van der Waals surface area contributed by atoms with Gasteiger partial charge in [-0.15, -0.1) is 0 Å². The Morgan fingerprint density at radius 2 is 1.94 bits per heavy atom. The molecule has 1 saturated heterocycles. The van der Waals surface area contributed by atoms with Crippen LogP contribution in [0.4, 0.5) is 4.39 Å². The van der Waals surface area contributed by atoms with E-state index in [0.29, 0.717) is 43.0 Å². The van der Waals surface area contributed by atoms with Crippen molar-refractivity contribution in [2.24, 2.45) is 28.9 Å². The third kappa shape index (κ3) is 3.65. The zero-order valence-electron chi connectivity index (χ0n) is 18.1. The van der Waals surface area contributed by atoms with E-state index in [1.165, 1.54) is 6.07 Å². The summed E-state index contributed by atoms with van der Waals surface area (Å²) in [6, 6.07) is 6.77. The maximum absolute atomic E-state index is 14.2. The molecule has 1 aromatic rings. The predicted molar refractivity (Wildman–Crippen MR) is 113 cm³/mol. The van der Waals surface area contributed by atoms with Crippen molar-refractivity contribution < 1.29 is 18.7 Å². The van der Waals surface area contributed by atoms with Gasteiger partial charge in [0.1, 0.15) is 11.9 Å². The van der Waals surface area contributed by atoms with E-state index in [2.05, 4.69) is 10.2 Å². The van der Waals surface area contributed by atoms with E-state index in [0.717, 1.165) is 32.1 Å². The summed E-state index contributed by atoms with van der Waals surface area (Å²) in [6.45, 7) is 3.52. The summed E-state index contributed by atoms with van der Waals surface area (Å²) in [6.07, 6.45) is 4.08. The molecule has 0 spiro atoms. The molecule has 1 aliphatic heterocycles. The average molecular weight is 430 g/mol. The average Bonchev–Trinajstić information content (AvgIpc) is 2.75. The number of rotatable bonds is 5. The SMILES string of the molecule is C[C@H](c1ccccc1F)N1CCOC(C(=O)NC2C3CC4CC2CC(C(N)=O)(C4)C3)C1. The normalized spacial score (nSPS) is 38.1. The van der Waals surface area contributed by atoms with Crippen molar-refractivity contribution in [2.45, 2.75) is 57.2 Å². The molecule has 4 aliphatic carbocycles. The van der Waals surface area contributed by atoms with E-state index in [1.807, 2.05) is 13.0 Å². The van der Waals surface area contributed by atoms with Crippen LogP contribution in [0.2, 0.25) is 0 Å². The van der Waals surface area contributed by atoms with Gasteiger partial charge in [0.05, 0.1) is 6.61 Å². The van der Waals surface area contributed by atoms with Crippen molar-refractivity contribution >= 4 is 11.8 Å². The second-order valence-corrected chi connectivity index (χ2v) is 10.2. The van der Waals surface area contributed by atoms with Crippen LogP contribution in [0.15, 0.2) is 24.3 Å². The van der Waals surface area contributed by atoms with Crippen LogP contribution in [-0.2, 0) is 14.3 Å². The van der Waals surface area contributed by atoms with E-state index in [1.54, 1.807) is 12.1 Å². The lowest BCUT2D eigenvalue weighted by molar-refractivity contribution is -0.151. The van der Waals surface area contributed by atoms with E-state index in [9.17, 15) is 14.0 Å². The second-order valence-electron chi connectivity index (χ2n) is 10.2. The van der Waals surface area contributed by atoms with Crippen LogP contribution >= 0.6 is 0 Å². The Balaban J connectivity index is 1.24. The van der Waals surface area contributed by atoms with Crippen molar-refractivity contribution in [1.29, 1.82) is 0 Å². The van der Waals surface area contributed by atoms with Crippen LogP contribution in [0.25, 0.3) is 0 Å². The molecule has 5 aliphatic rings. The molecule has 4 saturated carbocycles. The second kappa shape index (κ2) is 7.85. The van der Waals surface area contributed by atoms with Crippen LogP contribution < -0.4 is 11.1 Å². The minimum atomic E-state index is -0.565. The number of halogens is 1. The number of carbonyl (C=O) groups is 2. The first-order chi connectivity index (χ1) is 14.9. The molecule has 3 unspecified atom stereocenters. The minimum absolute atomic E-state index is 0.0870. The van der Waals surface area contributed by atoms with Gasteiger partial charge in [-0.3, -0.25) is 14.5 Å². The summed E-state index contributed by atoms with van der Waals surface area (Å²) in [5, 5.41) is 3.28. The molecule has 6 rings (SSSR count). The third-order valence-electron chi connectivity index (χ3n) is 8.40. The molecule has 7 heteroatoms. The molecule has 1 heterocycles. The Morgan fingerprint density at radius 1 is 1.23 bits per heavy atom. The zero-order valence-corrected chi connectivity index (χ0v) is 18.1. The van der Waals surface area contributed by atoms with Crippen molar-refractivity contribution in [3.8, 4) is 0 Å². The Kier molecular flexibility index (Phi) is 5.29. The first-order valence-electron chi connectivity index (χ1n) is 11.6. The van der Waals surface area contributed by atoms with E-state index < -0.39 is 6.10 Å². The summed E-state index contributed by atoms with van der Waals surface area (Å²) >= 11 is 0. The highest BCUT2D eigenvalue weighted by molar-refractivity contribution is 5.83. The zero-order chi connectivity index (χ0) is 21.8.